The van der Waals surface area contributed by atoms with E-state index in [1.165, 1.54) is 0 Å². The van der Waals surface area contributed by atoms with Crippen molar-refractivity contribution in [1.82, 2.24) is 10.1 Å². The van der Waals surface area contributed by atoms with Crippen LogP contribution in [0.5, 0.6) is 0 Å². The van der Waals surface area contributed by atoms with Gasteiger partial charge in [0.2, 0.25) is 5.89 Å². The van der Waals surface area contributed by atoms with Crippen molar-refractivity contribution < 1.29 is 14.1 Å². The lowest BCUT2D eigenvalue weighted by atomic mass is 10.1. The lowest BCUT2D eigenvalue weighted by Crippen LogP contribution is -2.16. The van der Waals surface area contributed by atoms with Crippen molar-refractivity contribution in [3.8, 4) is 0 Å². The van der Waals surface area contributed by atoms with Crippen molar-refractivity contribution >= 4 is 6.09 Å². The molecule has 7 heteroatoms. The molecule has 0 aliphatic heterocycles. The molecule has 4 N–H and O–H groups in total. The Hall–Kier alpha value is -2.41. The van der Waals surface area contributed by atoms with Gasteiger partial charge in [0.25, 0.3) is 0 Å². The molecule has 112 valence electrons. The number of benzene rings is 1. The zero-order valence-corrected chi connectivity index (χ0v) is 11.6. The second-order valence-corrected chi connectivity index (χ2v) is 4.63. The fraction of sp³-hybridized carbons (Fsp3) is 0.357. The maximum atomic E-state index is 10.4. The number of nitrogens with two attached hydrogens (primary N) is 2. The molecule has 0 spiro atoms. The van der Waals surface area contributed by atoms with Crippen LogP contribution in [0.1, 0.15) is 36.2 Å². The van der Waals surface area contributed by atoms with Crippen LogP contribution in [0.15, 0.2) is 34.9 Å². The summed E-state index contributed by atoms with van der Waals surface area (Å²) in [5, 5.41) is 3.92. The third kappa shape index (κ3) is 4.88. The van der Waals surface area contributed by atoms with Crippen molar-refractivity contribution in [2.45, 2.75) is 25.3 Å². The summed E-state index contributed by atoms with van der Waals surface area (Å²) >= 11 is 0. The third-order valence-corrected chi connectivity index (χ3v) is 2.91. The summed E-state index contributed by atoms with van der Waals surface area (Å²) in [5.41, 5.74) is 11.9. The Bertz CT molecular complexity index is 571. The van der Waals surface area contributed by atoms with E-state index in [1.54, 1.807) is 0 Å². The molecule has 0 aliphatic rings. The van der Waals surface area contributed by atoms with Crippen LogP contribution in [0.3, 0.4) is 0 Å². The van der Waals surface area contributed by atoms with E-state index in [1.807, 2.05) is 30.3 Å². The molecule has 2 rings (SSSR count). The number of nitrogens with zero attached hydrogens (tertiary/aromatic N) is 2. The van der Waals surface area contributed by atoms with Gasteiger partial charge in [0.05, 0.1) is 12.6 Å². The van der Waals surface area contributed by atoms with Crippen molar-refractivity contribution in [2.24, 2.45) is 11.5 Å². The van der Waals surface area contributed by atoms with Crippen molar-refractivity contribution in [3.05, 3.63) is 47.6 Å². The first kappa shape index (κ1) is 15.0. The summed E-state index contributed by atoms with van der Waals surface area (Å²) in [6, 6.07) is 9.49. The molecule has 1 unspecified atom stereocenters. The van der Waals surface area contributed by atoms with Gasteiger partial charge in [-0.25, -0.2) is 4.79 Å². The first-order chi connectivity index (χ1) is 10.1. The van der Waals surface area contributed by atoms with E-state index in [2.05, 4.69) is 14.9 Å². The molecule has 1 atom stereocenters. The van der Waals surface area contributed by atoms with Gasteiger partial charge in [0, 0.05) is 6.42 Å². The number of hydrogen-bond acceptors (Lipinski definition) is 6. The highest BCUT2D eigenvalue weighted by Gasteiger charge is 2.15. The van der Waals surface area contributed by atoms with Crippen LogP contribution in [-0.2, 0) is 11.2 Å². The minimum atomic E-state index is -0.786. The average Bonchev–Trinajstić information content (AvgIpc) is 2.93. The summed E-state index contributed by atoms with van der Waals surface area (Å²) in [6.07, 6.45) is 0.967. The van der Waals surface area contributed by atoms with Crippen molar-refractivity contribution in [3.63, 3.8) is 0 Å². The zero-order valence-electron chi connectivity index (χ0n) is 11.6. The average molecular weight is 290 g/mol. The summed E-state index contributed by atoms with van der Waals surface area (Å²) in [6.45, 7) is 0.230. The molecule has 0 saturated heterocycles. The van der Waals surface area contributed by atoms with Crippen molar-refractivity contribution in [1.29, 1.82) is 0 Å². The van der Waals surface area contributed by atoms with Crippen LogP contribution in [-0.4, -0.2) is 22.8 Å². The SMILES string of the molecule is NC(=O)OCCCC(N)c1nc(Cc2ccccc2)no1. The Morgan fingerprint density at radius 2 is 2.10 bits per heavy atom. The Balaban J connectivity index is 1.83. The zero-order chi connectivity index (χ0) is 15.1. The van der Waals surface area contributed by atoms with Crippen LogP contribution in [0.4, 0.5) is 4.79 Å². The van der Waals surface area contributed by atoms with Crippen LogP contribution >= 0.6 is 0 Å². The lowest BCUT2D eigenvalue weighted by Gasteiger charge is -2.05. The number of carbonyl (C=O) groups excluding carboxylic acids is 1. The van der Waals surface area contributed by atoms with E-state index in [9.17, 15) is 4.79 Å². The Morgan fingerprint density at radius 3 is 2.81 bits per heavy atom. The maximum absolute atomic E-state index is 10.4. The van der Waals surface area contributed by atoms with Crippen molar-refractivity contribution in [2.75, 3.05) is 6.61 Å². The van der Waals surface area contributed by atoms with E-state index in [-0.39, 0.29) is 12.6 Å². The standard InChI is InChI=1S/C14H18N4O3/c15-11(7-4-8-20-14(16)19)13-17-12(18-21-13)9-10-5-2-1-3-6-10/h1-3,5-6,11H,4,7-9,15H2,(H2,16,19). The largest absolute Gasteiger partial charge is 0.450 e. The molecule has 1 aromatic carbocycles. The maximum Gasteiger partial charge on any atom is 0.404 e. The Labute approximate surface area is 122 Å². The molecule has 1 aromatic heterocycles. The van der Waals surface area contributed by atoms with Gasteiger partial charge in [-0.05, 0) is 18.4 Å². The monoisotopic (exact) mass is 290 g/mol. The molecular weight excluding hydrogens is 272 g/mol. The Morgan fingerprint density at radius 1 is 1.33 bits per heavy atom. The predicted octanol–water partition coefficient (Wildman–Crippen LogP) is 1.54. The number of rotatable bonds is 7. The number of primary amides is 1. The minimum absolute atomic E-state index is 0.230. The molecule has 0 radical (unpaired) electrons. The summed E-state index contributed by atoms with van der Waals surface area (Å²) in [5.74, 6) is 0.986. The second kappa shape index (κ2) is 7.39. The van der Waals surface area contributed by atoms with Gasteiger partial charge in [-0.15, -0.1) is 0 Å². The molecular formula is C14H18N4O3. The highest BCUT2D eigenvalue weighted by Crippen LogP contribution is 2.15. The number of hydrogen-bond donors (Lipinski definition) is 2. The fourth-order valence-corrected chi connectivity index (χ4v) is 1.87. The second-order valence-electron chi connectivity index (χ2n) is 4.63. The van der Waals surface area contributed by atoms with E-state index < -0.39 is 6.09 Å². The quantitative estimate of drug-likeness (QED) is 0.747. The van der Waals surface area contributed by atoms with Gasteiger partial charge in [0.1, 0.15) is 0 Å². The van der Waals surface area contributed by atoms with E-state index >= 15 is 0 Å². The van der Waals surface area contributed by atoms with Gasteiger partial charge in [0.15, 0.2) is 5.82 Å². The number of amides is 1. The smallest absolute Gasteiger partial charge is 0.404 e. The molecule has 1 amide bonds. The van der Waals surface area contributed by atoms with E-state index in [0.717, 1.165) is 5.56 Å². The van der Waals surface area contributed by atoms with Crippen LogP contribution in [0.25, 0.3) is 0 Å². The summed E-state index contributed by atoms with van der Waals surface area (Å²) in [7, 11) is 0. The molecule has 0 bridgehead atoms. The molecule has 0 saturated carbocycles. The normalized spacial score (nSPS) is 12.0. The highest BCUT2D eigenvalue weighted by molar-refractivity contribution is 5.64. The summed E-state index contributed by atoms with van der Waals surface area (Å²) in [4.78, 5) is 14.7. The highest BCUT2D eigenvalue weighted by atomic mass is 16.5. The summed E-state index contributed by atoms with van der Waals surface area (Å²) < 4.78 is 9.79. The molecule has 0 aliphatic carbocycles. The topological polar surface area (TPSA) is 117 Å². The molecule has 1 heterocycles. The van der Waals surface area contributed by atoms with Crippen LogP contribution in [0.2, 0.25) is 0 Å². The lowest BCUT2D eigenvalue weighted by molar-refractivity contribution is 0.153. The molecule has 2 aromatic rings. The van der Waals surface area contributed by atoms with Gasteiger partial charge in [-0.3, -0.25) is 0 Å². The molecule has 7 nitrogen and oxygen atoms in total. The fourth-order valence-electron chi connectivity index (χ4n) is 1.87. The van der Waals surface area contributed by atoms with Gasteiger partial charge < -0.3 is 20.7 Å². The first-order valence-electron chi connectivity index (χ1n) is 6.69. The number of ether oxygens (including phenoxy) is 1. The van der Waals surface area contributed by atoms with Crippen LogP contribution < -0.4 is 11.5 Å². The Kier molecular flexibility index (Phi) is 5.28. The van der Waals surface area contributed by atoms with E-state index in [4.69, 9.17) is 16.0 Å². The minimum Gasteiger partial charge on any atom is -0.450 e. The third-order valence-electron chi connectivity index (χ3n) is 2.91. The van der Waals surface area contributed by atoms with Gasteiger partial charge in [-0.2, -0.15) is 4.98 Å². The number of carbonyl (C=O) groups is 1. The van der Waals surface area contributed by atoms with Gasteiger partial charge >= 0.3 is 6.09 Å². The molecule has 21 heavy (non-hydrogen) atoms. The molecule has 0 fully saturated rings. The van der Waals surface area contributed by atoms with Gasteiger partial charge in [-0.1, -0.05) is 35.5 Å². The predicted molar refractivity (Wildman–Crippen MR) is 75.2 cm³/mol. The first-order valence-corrected chi connectivity index (χ1v) is 6.69. The number of aromatic nitrogens is 2. The van der Waals surface area contributed by atoms with E-state index in [0.29, 0.717) is 31.0 Å². The van der Waals surface area contributed by atoms with Crippen LogP contribution in [0, 0.1) is 0 Å².